The van der Waals surface area contributed by atoms with Gasteiger partial charge in [-0.3, -0.25) is 59.2 Å². The van der Waals surface area contributed by atoms with E-state index < -0.39 is 291 Å². The quantitative estimate of drug-likeness (QED) is 0.0270. The zero-order valence-corrected chi connectivity index (χ0v) is 62.4. The fraction of sp³-hybridized carbons (Fsp3) is 0.829. The maximum Gasteiger partial charge on any atom is 0.397 e. The largest absolute Gasteiger partial charge is 0.397 e. The van der Waals surface area contributed by atoms with Gasteiger partial charge in [0.2, 0.25) is 0 Å². The molecule has 0 aliphatic carbocycles. The zero-order valence-electron chi connectivity index (χ0n) is 51.8. The molecule has 4 heterocycles. The molecule has 4 aliphatic heterocycles. The van der Waals surface area contributed by atoms with Crippen molar-refractivity contribution in [2.24, 2.45) is 0 Å². The summed E-state index contributed by atoms with van der Waals surface area (Å²) in [5.74, 6) is 0. The van der Waals surface area contributed by atoms with E-state index in [0.29, 0.717) is 24.8 Å². The SMILES string of the molecule is CCCCc1ccc(CO[C@H]2O[C@H](COS(=O)(=O)O)[C@@H](OS(=O)(=O)O)[C@H](OS(=O)(=O)O)[C@@H]2O[C@H]2O[C@H](COS(=O)(=O)O)[C@@H](OS(=O)(=O)O)[C@H](O[C@H]3O[C@H](COS(=O)(=O)O)[C@@H](OS(=O)(=O)O)[C@H](O[C@H]4O[C@H](COS(=O)(=O)O)[C@@H](OS(=O)(=O)O)[C@H](OS(=O)(=O)O)[C@@H]4OS(=O)(=O)O)[C@@H]3OS(=O)(=O)O)[C@@H]2OS(=O)(=O)O)cc1. The first-order valence-electron chi connectivity index (χ1n) is 27.2. The van der Waals surface area contributed by atoms with Crippen molar-refractivity contribution in [3.8, 4) is 0 Å². The van der Waals surface area contributed by atoms with Gasteiger partial charge in [0, 0.05) is 0 Å². The minimum Gasteiger partial charge on any atom is -0.345 e. The van der Waals surface area contributed by atoms with Gasteiger partial charge in [-0.05, 0) is 24.0 Å². The first-order valence-corrected chi connectivity index (χ1v) is 44.9. The number of ether oxygens (including phenoxy) is 8. The predicted molar refractivity (Wildman–Crippen MR) is 317 cm³/mol. The molecule has 0 amide bonds. The Kier molecular flexibility index (Phi) is 32.4. The highest BCUT2D eigenvalue weighted by Gasteiger charge is 2.63. The number of benzene rings is 1. The molecule has 73 heteroatoms. The Hall–Kier alpha value is -2.79. The molecule has 0 radical (unpaired) electrons. The van der Waals surface area contributed by atoms with Crippen molar-refractivity contribution < 1.29 is 261 Å². The molecule has 108 heavy (non-hydrogen) atoms. The summed E-state index contributed by atoms with van der Waals surface area (Å²) in [5.41, 5.74) is 0.555. The highest BCUT2D eigenvalue weighted by atomic mass is 32.3. The van der Waals surface area contributed by atoms with Crippen LogP contribution < -0.4 is 0 Å². The van der Waals surface area contributed by atoms with Gasteiger partial charge >= 0.3 is 135 Å². The summed E-state index contributed by atoms with van der Waals surface area (Å²) < 4.78 is 553. The van der Waals surface area contributed by atoms with Gasteiger partial charge in [-0.2, -0.15) is 109 Å². The van der Waals surface area contributed by atoms with E-state index >= 15 is 0 Å². The van der Waals surface area contributed by atoms with Crippen LogP contribution in [-0.4, -0.2) is 318 Å². The molecule has 4 aliphatic rings. The summed E-state index contributed by atoms with van der Waals surface area (Å²) in [6, 6.07) is 5.38. The summed E-state index contributed by atoms with van der Waals surface area (Å²) in [4.78, 5) is 0. The van der Waals surface area contributed by atoms with Crippen molar-refractivity contribution in [2.45, 2.75) is 156 Å². The van der Waals surface area contributed by atoms with Crippen LogP contribution >= 0.6 is 0 Å². The van der Waals surface area contributed by atoms with Crippen LogP contribution in [0.4, 0.5) is 0 Å². The van der Waals surface area contributed by atoms with Crippen molar-refractivity contribution in [3.63, 3.8) is 0 Å². The summed E-state index contributed by atoms with van der Waals surface area (Å²) in [6.45, 7) is -8.09. The summed E-state index contributed by atoms with van der Waals surface area (Å²) >= 11 is 0. The number of rotatable bonds is 42. The Bertz CT molecular complexity index is 4820. The van der Waals surface area contributed by atoms with Crippen LogP contribution in [0.15, 0.2) is 24.3 Å². The first-order chi connectivity index (χ1) is 48.5. The van der Waals surface area contributed by atoms with E-state index in [2.05, 4.69) is 54.4 Å². The van der Waals surface area contributed by atoms with E-state index in [9.17, 15) is 169 Å². The lowest BCUT2D eigenvalue weighted by molar-refractivity contribution is -0.384. The van der Waals surface area contributed by atoms with Gasteiger partial charge < -0.3 is 37.9 Å². The van der Waals surface area contributed by atoms with Crippen LogP contribution in [0.5, 0.6) is 0 Å². The van der Waals surface area contributed by atoms with Gasteiger partial charge in [-0.1, -0.05) is 37.6 Å². The van der Waals surface area contributed by atoms with Crippen LogP contribution in [0.3, 0.4) is 0 Å². The molecule has 634 valence electrons. The van der Waals surface area contributed by atoms with Gasteiger partial charge in [-0.25, -0.2) is 54.4 Å². The van der Waals surface area contributed by atoms with Gasteiger partial charge in [0.05, 0.1) is 33.0 Å². The normalized spacial score (nSPS) is 30.9. The third kappa shape index (κ3) is 34.3. The molecule has 5 rings (SSSR count). The molecule has 60 nitrogen and oxygen atoms in total. The van der Waals surface area contributed by atoms with Crippen molar-refractivity contribution >= 4 is 135 Å². The standard InChI is InChI=1S/C35H56O60S13/c1-2-3-4-14-5-7-15(8-6-14)9-75-32-28(26(91-104(60,61)62)22(89-102(54,55)56)18(80-32)12-78-98(42,43)44)86-34-30(94-107(69,70)71)25(21(88-101(51,52)53)17(82-34)11-77-97(39,40)41)84-33-29(93-106(66,67)68)24(20(87-100(48,49)50)16(81-33)10-76-96(36,37)38)85-35-31(95-108(72,73)74)27(92-105(63,64)65)23(90-103(57,58)59)19(83-35)13-79-99(45,46)47/h5-8,16-35H,2-4,9-13H2,1H3,(H,36,37,38)(H,39,40,41)(H,42,43,44)(H,45,46,47)(H,48,49,50)(H,51,52,53)(H,54,55,56)(H,57,58,59)(H,60,61,62)(H,63,64,65)(H,66,67,68)(H,69,70,71)(H,72,73,74)/t16-,17-,18-,19-,20-,21-,22-,23-,24+,25+,26+,27+,28+,29+,30+,31+,32+,33-,34-,35-/m1/s1. The average molecular weight is 1850 g/mol. The van der Waals surface area contributed by atoms with Crippen LogP contribution in [-0.2, 0) is 240 Å². The molecule has 0 spiro atoms. The minimum absolute atomic E-state index is 0.0560. The zero-order chi connectivity index (χ0) is 82.5. The Balaban J connectivity index is 1.96. The number of hydrogen-bond donors (Lipinski definition) is 13. The van der Waals surface area contributed by atoms with Crippen molar-refractivity contribution in [1.82, 2.24) is 0 Å². The lowest BCUT2D eigenvalue weighted by Gasteiger charge is -2.51. The molecule has 0 unspecified atom stereocenters. The smallest absolute Gasteiger partial charge is 0.345 e. The topological polar surface area (TPSA) is 901 Å². The van der Waals surface area contributed by atoms with E-state index in [1.807, 2.05) is 0 Å². The van der Waals surface area contributed by atoms with Crippen LogP contribution in [0, 0.1) is 0 Å². The van der Waals surface area contributed by atoms with Crippen LogP contribution in [0.2, 0.25) is 0 Å². The second kappa shape index (κ2) is 36.6. The predicted octanol–water partition coefficient (Wildman–Crippen LogP) is -8.43. The maximum absolute atomic E-state index is 13.2. The van der Waals surface area contributed by atoms with Crippen LogP contribution in [0.25, 0.3) is 0 Å². The molecule has 0 saturated carbocycles. The molecule has 0 bridgehead atoms. The molecule has 4 fully saturated rings. The van der Waals surface area contributed by atoms with E-state index in [1.54, 1.807) is 6.92 Å². The number of unbranched alkanes of at least 4 members (excludes halogenated alkanes) is 1. The minimum atomic E-state index is -6.86. The van der Waals surface area contributed by atoms with Gasteiger partial charge in [-0.15, -0.1) is 0 Å². The Morgan fingerprint density at radius 2 is 0.481 bits per heavy atom. The molecular formula is C35H56O60S13. The number of aryl methyl sites for hydroxylation is 1. The second-order valence-corrected chi connectivity index (χ2v) is 34.7. The fourth-order valence-corrected chi connectivity index (χ4v) is 15.4. The molecule has 1 aromatic rings. The van der Waals surface area contributed by atoms with E-state index in [1.165, 1.54) is 24.3 Å². The average Bonchev–Trinajstić information content (AvgIpc) is 0.749. The number of hydrogen-bond acceptors (Lipinski definition) is 47. The van der Waals surface area contributed by atoms with Gasteiger partial charge in [0.1, 0.15) is 79.4 Å². The maximum atomic E-state index is 13.2. The van der Waals surface area contributed by atoms with E-state index in [4.69, 9.17) is 37.9 Å². The molecule has 13 N–H and O–H groups in total. The van der Waals surface area contributed by atoms with E-state index in [0.717, 1.165) is 0 Å². The van der Waals surface area contributed by atoms with Crippen molar-refractivity contribution in [1.29, 1.82) is 0 Å². The molecule has 1 aromatic carbocycles. The second-order valence-electron chi connectivity index (χ2n) is 21.0. The molecule has 20 atom stereocenters. The monoisotopic (exact) mass is 1850 g/mol. The molecular weight excluding hydrogens is 1800 g/mol. The third-order valence-electron chi connectivity index (χ3n) is 13.1. The molecule has 4 saturated heterocycles. The summed E-state index contributed by atoms with van der Waals surface area (Å²) in [5, 5.41) is 0. The van der Waals surface area contributed by atoms with Crippen molar-refractivity contribution in [3.05, 3.63) is 35.4 Å². The summed E-state index contributed by atoms with van der Waals surface area (Å²) in [6.07, 6.45) is -70.2. The Morgan fingerprint density at radius 1 is 0.269 bits per heavy atom. The van der Waals surface area contributed by atoms with E-state index in [-0.39, 0.29) is 5.56 Å². The summed E-state index contributed by atoms with van der Waals surface area (Å²) in [7, 11) is -83.6. The Labute approximate surface area is 609 Å². The molecule has 0 aromatic heterocycles. The fourth-order valence-electron chi connectivity index (χ4n) is 9.66. The van der Waals surface area contributed by atoms with Crippen LogP contribution in [0.1, 0.15) is 30.9 Å². The lowest BCUT2D eigenvalue weighted by Crippen LogP contribution is -2.70. The van der Waals surface area contributed by atoms with Gasteiger partial charge in [0.25, 0.3) is 0 Å². The highest BCUT2D eigenvalue weighted by Crippen LogP contribution is 2.42. The highest BCUT2D eigenvalue weighted by molar-refractivity contribution is 7.83. The third-order valence-corrected chi connectivity index (χ3v) is 19.0. The van der Waals surface area contributed by atoms with Crippen molar-refractivity contribution in [2.75, 3.05) is 26.4 Å². The first kappa shape index (κ1) is 95.8. The van der Waals surface area contributed by atoms with Gasteiger partial charge in [0.15, 0.2) is 43.5 Å². The Morgan fingerprint density at radius 3 is 0.741 bits per heavy atom. The lowest BCUT2D eigenvalue weighted by atomic mass is 9.95.